The van der Waals surface area contributed by atoms with Gasteiger partial charge in [-0.2, -0.15) is 0 Å². The third-order valence-corrected chi connectivity index (χ3v) is 2.26. The van der Waals surface area contributed by atoms with Crippen molar-refractivity contribution in [2.24, 2.45) is 0 Å². The molecule has 2 amide bonds. The number of urea groups is 1. The molecule has 2 rings (SSSR count). The molecule has 0 saturated heterocycles. The first-order chi connectivity index (χ1) is 8.65. The number of carbonyl (C=O) groups excluding carboxylic acids is 1. The van der Waals surface area contributed by atoms with Crippen molar-refractivity contribution in [3.63, 3.8) is 0 Å². The fraction of sp³-hybridized carbons (Fsp3) is 0. The van der Waals surface area contributed by atoms with Crippen molar-refractivity contribution >= 4 is 17.4 Å². The van der Waals surface area contributed by atoms with E-state index in [9.17, 15) is 9.90 Å². The van der Waals surface area contributed by atoms with E-state index in [1.165, 1.54) is 18.2 Å². The van der Waals surface area contributed by atoms with Crippen molar-refractivity contribution in [1.82, 2.24) is 0 Å². The summed E-state index contributed by atoms with van der Waals surface area (Å²) < 4.78 is 0. The predicted molar refractivity (Wildman–Crippen MR) is 68.9 cm³/mol. The molecular formula is C13H12N2O3. The highest BCUT2D eigenvalue weighted by Gasteiger charge is 2.04. The van der Waals surface area contributed by atoms with Gasteiger partial charge in [0.15, 0.2) is 11.5 Å². The summed E-state index contributed by atoms with van der Waals surface area (Å²) in [5, 5.41) is 23.6. The standard InChI is InChI=1S/C13H12N2O3/c16-11-7-6-10(8-12(11)17)15-13(18)14-9-4-2-1-3-5-9/h1-8,16-17H,(H2,14,15,18). The first-order valence-corrected chi connectivity index (χ1v) is 5.30. The van der Waals surface area contributed by atoms with Crippen molar-refractivity contribution in [2.75, 3.05) is 10.6 Å². The minimum absolute atomic E-state index is 0.232. The fourth-order valence-corrected chi connectivity index (χ4v) is 1.42. The third kappa shape index (κ3) is 2.91. The lowest BCUT2D eigenvalue weighted by Crippen LogP contribution is -2.19. The van der Waals surface area contributed by atoms with Crippen LogP contribution in [0, 0.1) is 0 Å². The van der Waals surface area contributed by atoms with Gasteiger partial charge in [0.05, 0.1) is 0 Å². The van der Waals surface area contributed by atoms with Crippen LogP contribution in [0.4, 0.5) is 16.2 Å². The minimum atomic E-state index is -0.425. The van der Waals surface area contributed by atoms with E-state index >= 15 is 0 Å². The number of amides is 2. The van der Waals surface area contributed by atoms with Crippen LogP contribution in [0.1, 0.15) is 0 Å². The highest BCUT2D eigenvalue weighted by atomic mass is 16.3. The van der Waals surface area contributed by atoms with Crippen LogP contribution in [0.25, 0.3) is 0 Å². The van der Waals surface area contributed by atoms with E-state index in [1.54, 1.807) is 12.1 Å². The van der Waals surface area contributed by atoms with Crippen molar-refractivity contribution in [2.45, 2.75) is 0 Å². The molecule has 0 fully saturated rings. The van der Waals surface area contributed by atoms with Gasteiger partial charge in [0.1, 0.15) is 0 Å². The Kier molecular flexibility index (Phi) is 3.33. The summed E-state index contributed by atoms with van der Waals surface area (Å²) in [6.45, 7) is 0. The zero-order chi connectivity index (χ0) is 13.0. The Morgan fingerprint density at radius 1 is 0.833 bits per heavy atom. The van der Waals surface area contributed by atoms with Gasteiger partial charge in [-0.05, 0) is 24.3 Å². The van der Waals surface area contributed by atoms with Gasteiger partial charge < -0.3 is 20.8 Å². The lowest BCUT2D eigenvalue weighted by atomic mass is 10.3. The molecule has 0 heterocycles. The summed E-state index contributed by atoms with van der Waals surface area (Å²) in [6.07, 6.45) is 0. The smallest absolute Gasteiger partial charge is 0.323 e. The number of nitrogens with one attached hydrogen (secondary N) is 2. The van der Waals surface area contributed by atoms with Gasteiger partial charge in [0.25, 0.3) is 0 Å². The lowest BCUT2D eigenvalue weighted by Gasteiger charge is -2.08. The van der Waals surface area contributed by atoms with Gasteiger partial charge in [-0.25, -0.2) is 4.79 Å². The molecule has 5 heteroatoms. The van der Waals surface area contributed by atoms with Crippen molar-refractivity contribution in [3.05, 3.63) is 48.5 Å². The van der Waals surface area contributed by atoms with Gasteiger partial charge in [-0.3, -0.25) is 0 Å². The lowest BCUT2D eigenvalue weighted by molar-refractivity contribution is 0.262. The number of para-hydroxylation sites is 1. The number of phenolic OH excluding ortho intramolecular Hbond substituents is 2. The molecule has 0 aliphatic rings. The first kappa shape index (κ1) is 11.8. The van der Waals surface area contributed by atoms with Gasteiger partial charge in [0, 0.05) is 17.4 Å². The van der Waals surface area contributed by atoms with Crippen molar-refractivity contribution < 1.29 is 15.0 Å². The van der Waals surface area contributed by atoms with Gasteiger partial charge in [-0.1, -0.05) is 18.2 Å². The first-order valence-electron chi connectivity index (χ1n) is 5.30. The van der Waals surface area contributed by atoms with Crippen LogP contribution in [0.3, 0.4) is 0 Å². The summed E-state index contributed by atoms with van der Waals surface area (Å²) in [7, 11) is 0. The predicted octanol–water partition coefficient (Wildman–Crippen LogP) is 2.74. The number of carbonyl (C=O) groups is 1. The van der Waals surface area contributed by atoms with Crippen LogP contribution in [-0.2, 0) is 0 Å². The van der Waals surface area contributed by atoms with Gasteiger partial charge >= 0.3 is 6.03 Å². The Bertz CT molecular complexity index is 555. The molecule has 0 aliphatic carbocycles. The van der Waals surface area contributed by atoms with E-state index in [-0.39, 0.29) is 11.5 Å². The largest absolute Gasteiger partial charge is 0.504 e. The summed E-state index contributed by atoms with van der Waals surface area (Å²) in [4.78, 5) is 11.6. The third-order valence-electron chi connectivity index (χ3n) is 2.26. The maximum Gasteiger partial charge on any atom is 0.323 e. The molecule has 18 heavy (non-hydrogen) atoms. The highest BCUT2D eigenvalue weighted by Crippen LogP contribution is 2.27. The molecule has 0 aliphatic heterocycles. The van der Waals surface area contributed by atoms with E-state index in [2.05, 4.69) is 10.6 Å². The molecule has 4 N–H and O–H groups in total. The Morgan fingerprint density at radius 3 is 2.17 bits per heavy atom. The number of hydrogen-bond donors (Lipinski definition) is 4. The molecular weight excluding hydrogens is 232 g/mol. The zero-order valence-corrected chi connectivity index (χ0v) is 9.42. The Balaban J connectivity index is 2.01. The Labute approximate surface area is 104 Å². The van der Waals surface area contributed by atoms with Crippen molar-refractivity contribution in [1.29, 1.82) is 0 Å². The quantitative estimate of drug-likeness (QED) is 0.484. The second-order valence-electron chi connectivity index (χ2n) is 3.65. The average molecular weight is 244 g/mol. The van der Waals surface area contributed by atoms with E-state index < -0.39 is 6.03 Å². The molecule has 0 radical (unpaired) electrons. The van der Waals surface area contributed by atoms with E-state index in [1.807, 2.05) is 18.2 Å². The highest BCUT2D eigenvalue weighted by molar-refractivity contribution is 5.99. The molecule has 0 unspecified atom stereocenters. The fourth-order valence-electron chi connectivity index (χ4n) is 1.42. The second kappa shape index (κ2) is 5.09. The van der Waals surface area contributed by atoms with Crippen molar-refractivity contribution in [3.8, 4) is 11.5 Å². The maximum atomic E-state index is 11.6. The molecule has 0 saturated carbocycles. The average Bonchev–Trinajstić information content (AvgIpc) is 2.35. The second-order valence-corrected chi connectivity index (χ2v) is 3.65. The normalized spacial score (nSPS) is 9.78. The zero-order valence-electron chi connectivity index (χ0n) is 9.42. The maximum absolute atomic E-state index is 11.6. The Morgan fingerprint density at radius 2 is 1.50 bits per heavy atom. The molecule has 5 nitrogen and oxygen atoms in total. The van der Waals surface area contributed by atoms with E-state index in [0.29, 0.717) is 11.4 Å². The number of aromatic hydroxyl groups is 2. The monoisotopic (exact) mass is 244 g/mol. The van der Waals surface area contributed by atoms with E-state index in [4.69, 9.17) is 5.11 Å². The minimum Gasteiger partial charge on any atom is -0.504 e. The number of phenols is 2. The summed E-state index contributed by atoms with van der Waals surface area (Å²) in [6, 6.07) is 12.6. The molecule has 2 aromatic rings. The van der Waals surface area contributed by atoms with Crippen LogP contribution >= 0.6 is 0 Å². The van der Waals surface area contributed by atoms with E-state index in [0.717, 1.165) is 0 Å². The van der Waals surface area contributed by atoms with Gasteiger partial charge in [-0.15, -0.1) is 0 Å². The molecule has 2 aromatic carbocycles. The van der Waals surface area contributed by atoms with Crippen LogP contribution in [0.15, 0.2) is 48.5 Å². The van der Waals surface area contributed by atoms with Crippen LogP contribution in [-0.4, -0.2) is 16.2 Å². The van der Waals surface area contributed by atoms with Gasteiger partial charge in [0.2, 0.25) is 0 Å². The summed E-state index contributed by atoms with van der Waals surface area (Å²) in [5.74, 6) is -0.517. The molecule has 0 spiro atoms. The number of anilines is 2. The Hall–Kier alpha value is -2.69. The molecule has 0 atom stereocenters. The van der Waals surface area contributed by atoms with Crippen LogP contribution < -0.4 is 10.6 Å². The topological polar surface area (TPSA) is 81.6 Å². The van der Waals surface area contributed by atoms with Crippen LogP contribution in [0.2, 0.25) is 0 Å². The molecule has 92 valence electrons. The molecule has 0 bridgehead atoms. The molecule has 0 aromatic heterocycles. The number of benzene rings is 2. The summed E-state index contributed by atoms with van der Waals surface area (Å²) in [5.41, 5.74) is 1.05. The summed E-state index contributed by atoms with van der Waals surface area (Å²) >= 11 is 0. The SMILES string of the molecule is O=C(Nc1ccccc1)Nc1ccc(O)c(O)c1. The number of rotatable bonds is 2. The number of hydrogen-bond acceptors (Lipinski definition) is 3. The van der Waals surface area contributed by atoms with Crippen LogP contribution in [0.5, 0.6) is 11.5 Å².